The Morgan fingerprint density at radius 3 is 2.33 bits per heavy atom. The van der Waals surface area contributed by atoms with Gasteiger partial charge in [-0.05, 0) is 58.9 Å². The fourth-order valence-electron chi connectivity index (χ4n) is 2.83. The molecule has 0 aliphatic carbocycles. The molecule has 0 bridgehead atoms. The fourth-order valence-corrected chi connectivity index (χ4v) is 2.83. The minimum atomic E-state index is -0.871. The molecule has 0 aromatic heterocycles. The lowest BCUT2D eigenvalue weighted by Crippen LogP contribution is -2.39. The van der Waals surface area contributed by atoms with Crippen molar-refractivity contribution in [2.75, 3.05) is 13.2 Å². The molecule has 0 N–H and O–H groups in total. The molecule has 0 spiro atoms. The molecule has 7 nitrogen and oxygen atoms in total. The minimum absolute atomic E-state index is 0.00881. The number of nitrogens with zero attached hydrogens (tertiary/aromatic N) is 1. The molecule has 7 heteroatoms. The Labute approximate surface area is 159 Å². The van der Waals surface area contributed by atoms with E-state index in [0.29, 0.717) is 18.7 Å². The number of carbonyl (C=O) groups is 3. The summed E-state index contributed by atoms with van der Waals surface area (Å²) in [5, 5.41) is 0. The van der Waals surface area contributed by atoms with E-state index in [1.165, 1.54) is 12.1 Å². The summed E-state index contributed by atoms with van der Waals surface area (Å²) < 4.78 is 16.1. The van der Waals surface area contributed by atoms with Crippen LogP contribution in [-0.2, 0) is 14.3 Å². The van der Waals surface area contributed by atoms with Gasteiger partial charge in [0.15, 0.2) is 0 Å². The first-order chi connectivity index (χ1) is 12.6. The first kappa shape index (κ1) is 20.7. The largest absolute Gasteiger partial charge is 0.489 e. The Morgan fingerprint density at radius 1 is 1.15 bits per heavy atom. The second kappa shape index (κ2) is 8.41. The van der Waals surface area contributed by atoms with E-state index in [1.54, 1.807) is 24.0 Å². The van der Waals surface area contributed by atoms with Crippen LogP contribution in [0.4, 0.5) is 4.79 Å². The van der Waals surface area contributed by atoms with Crippen LogP contribution in [0.2, 0.25) is 0 Å². The zero-order valence-electron chi connectivity index (χ0n) is 16.5. The fraction of sp³-hybridized carbons (Fsp3) is 0.550. The van der Waals surface area contributed by atoms with Crippen molar-refractivity contribution in [3.8, 4) is 5.75 Å². The molecule has 0 radical (unpaired) electrons. The zero-order valence-corrected chi connectivity index (χ0v) is 16.5. The van der Waals surface area contributed by atoms with Crippen molar-refractivity contribution in [3.63, 3.8) is 0 Å². The number of likely N-dealkylation sites (tertiary alicyclic amines) is 1. The Morgan fingerprint density at radius 2 is 1.78 bits per heavy atom. The summed E-state index contributed by atoms with van der Waals surface area (Å²) in [6.07, 6.45) is 0.165. The maximum Gasteiger partial charge on any atom is 0.410 e. The van der Waals surface area contributed by atoms with E-state index in [4.69, 9.17) is 14.2 Å². The lowest BCUT2D eigenvalue weighted by atomic mass is 10.1. The maximum atomic E-state index is 12.3. The summed E-state index contributed by atoms with van der Waals surface area (Å²) in [6, 6.07) is 6.33. The smallest absolute Gasteiger partial charge is 0.410 e. The lowest BCUT2D eigenvalue weighted by Gasteiger charge is -2.26. The predicted octanol–water partition coefficient (Wildman–Crippen LogP) is 3.21. The van der Waals surface area contributed by atoms with E-state index in [2.05, 4.69) is 0 Å². The normalized spacial score (nSPS) is 19.5. The molecule has 2 atom stereocenters. The highest BCUT2D eigenvalue weighted by Gasteiger charge is 2.36. The van der Waals surface area contributed by atoms with Crippen LogP contribution in [0.25, 0.3) is 0 Å². The van der Waals surface area contributed by atoms with Crippen molar-refractivity contribution in [2.24, 2.45) is 0 Å². The molecule has 1 heterocycles. The van der Waals surface area contributed by atoms with Crippen LogP contribution in [0.1, 0.15) is 51.4 Å². The van der Waals surface area contributed by atoms with Crippen molar-refractivity contribution < 1.29 is 28.6 Å². The van der Waals surface area contributed by atoms with Gasteiger partial charge in [-0.15, -0.1) is 0 Å². The van der Waals surface area contributed by atoms with Gasteiger partial charge in [0.05, 0.1) is 13.2 Å². The number of hydrogen-bond acceptors (Lipinski definition) is 6. The quantitative estimate of drug-likeness (QED) is 0.445. The first-order valence-electron chi connectivity index (χ1n) is 9.08. The lowest BCUT2D eigenvalue weighted by molar-refractivity contribution is -0.137. The summed E-state index contributed by atoms with van der Waals surface area (Å²) in [4.78, 5) is 37.3. The molecular weight excluding hydrogens is 350 g/mol. The van der Waals surface area contributed by atoms with Crippen LogP contribution in [0.5, 0.6) is 5.75 Å². The SMILES string of the molecule is CCOC(=O)C(=O)c1ccc(O[C@H]2C[C@@H](C)N(C(=O)OC(C)(C)C)C2)cc1. The number of benzene rings is 1. The van der Waals surface area contributed by atoms with Crippen LogP contribution in [0.3, 0.4) is 0 Å². The van der Waals surface area contributed by atoms with Crippen molar-refractivity contribution in [1.82, 2.24) is 4.90 Å². The first-order valence-corrected chi connectivity index (χ1v) is 9.08. The third kappa shape index (κ3) is 5.70. The van der Waals surface area contributed by atoms with Gasteiger partial charge in [0.25, 0.3) is 5.78 Å². The van der Waals surface area contributed by atoms with E-state index in [1.807, 2.05) is 27.7 Å². The van der Waals surface area contributed by atoms with E-state index in [0.717, 1.165) is 0 Å². The number of hydrogen-bond donors (Lipinski definition) is 0. The van der Waals surface area contributed by atoms with Crippen molar-refractivity contribution in [2.45, 2.75) is 58.8 Å². The Hall–Kier alpha value is -2.57. The molecule has 27 heavy (non-hydrogen) atoms. The summed E-state index contributed by atoms with van der Waals surface area (Å²) in [7, 11) is 0. The molecule has 1 fully saturated rings. The molecule has 1 amide bonds. The van der Waals surface area contributed by atoms with E-state index in [9.17, 15) is 14.4 Å². The number of ketones is 1. The third-order valence-corrected chi connectivity index (χ3v) is 4.04. The highest BCUT2D eigenvalue weighted by molar-refractivity contribution is 6.40. The van der Waals surface area contributed by atoms with Crippen LogP contribution >= 0.6 is 0 Å². The number of rotatable bonds is 5. The highest BCUT2D eigenvalue weighted by atomic mass is 16.6. The van der Waals surface area contributed by atoms with Gasteiger partial charge in [0.1, 0.15) is 17.5 Å². The summed E-state index contributed by atoms with van der Waals surface area (Å²) in [6.45, 7) is 9.68. The van der Waals surface area contributed by atoms with Gasteiger partial charge in [0, 0.05) is 18.0 Å². The molecule has 148 valence electrons. The highest BCUT2D eigenvalue weighted by Crippen LogP contribution is 2.25. The third-order valence-electron chi connectivity index (χ3n) is 4.04. The standard InChI is InChI=1S/C20H27NO6/c1-6-25-18(23)17(22)14-7-9-15(10-8-14)26-16-11-13(2)21(12-16)19(24)27-20(3,4)5/h7-10,13,16H,6,11-12H2,1-5H3/t13-,16+/m1/s1. The Kier molecular flexibility index (Phi) is 6.46. The predicted molar refractivity (Wildman–Crippen MR) is 98.8 cm³/mol. The second-order valence-corrected chi connectivity index (χ2v) is 7.53. The molecule has 1 aromatic carbocycles. The molecule has 1 aromatic rings. The molecule has 0 unspecified atom stereocenters. The van der Waals surface area contributed by atoms with Gasteiger partial charge in [-0.3, -0.25) is 4.79 Å². The molecule has 2 rings (SSSR count). The minimum Gasteiger partial charge on any atom is -0.489 e. The van der Waals surface area contributed by atoms with E-state index >= 15 is 0 Å². The van der Waals surface area contributed by atoms with Gasteiger partial charge in [0.2, 0.25) is 0 Å². The molecule has 1 saturated heterocycles. The average molecular weight is 377 g/mol. The van der Waals surface area contributed by atoms with Gasteiger partial charge in [-0.25, -0.2) is 9.59 Å². The molecule has 1 aliphatic rings. The van der Waals surface area contributed by atoms with Crippen LogP contribution in [0, 0.1) is 0 Å². The second-order valence-electron chi connectivity index (χ2n) is 7.53. The number of amides is 1. The summed E-state index contributed by atoms with van der Waals surface area (Å²) in [5.74, 6) is -0.989. The monoisotopic (exact) mass is 377 g/mol. The summed E-state index contributed by atoms with van der Waals surface area (Å²) >= 11 is 0. The van der Waals surface area contributed by atoms with Gasteiger partial charge < -0.3 is 19.1 Å². The molecule has 1 aliphatic heterocycles. The zero-order chi connectivity index (χ0) is 20.2. The van der Waals surface area contributed by atoms with Gasteiger partial charge in [-0.1, -0.05) is 0 Å². The molecular formula is C20H27NO6. The Bertz CT molecular complexity index is 691. The number of carbonyl (C=O) groups excluding carboxylic acids is 3. The maximum absolute atomic E-state index is 12.3. The van der Waals surface area contributed by atoms with Gasteiger partial charge >= 0.3 is 12.1 Å². The number of esters is 1. The number of ether oxygens (including phenoxy) is 3. The van der Waals surface area contributed by atoms with E-state index in [-0.39, 0.29) is 30.4 Å². The Balaban J connectivity index is 1.95. The van der Waals surface area contributed by atoms with Crippen LogP contribution < -0.4 is 4.74 Å². The summed E-state index contributed by atoms with van der Waals surface area (Å²) in [5.41, 5.74) is -0.298. The van der Waals surface area contributed by atoms with Crippen LogP contribution in [-0.4, -0.2) is 53.6 Å². The number of Topliss-reactive ketones (excluding diaryl/α,β-unsaturated/α-hetero) is 1. The van der Waals surface area contributed by atoms with E-state index < -0.39 is 17.4 Å². The topological polar surface area (TPSA) is 82.1 Å². The average Bonchev–Trinajstić information content (AvgIpc) is 2.94. The van der Waals surface area contributed by atoms with Crippen molar-refractivity contribution >= 4 is 17.8 Å². The van der Waals surface area contributed by atoms with Crippen molar-refractivity contribution in [1.29, 1.82) is 0 Å². The van der Waals surface area contributed by atoms with Gasteiger partial charge in [-0.2, -0.15) is 0 Å². The van der Waals surface area contributed by atoms with Crippen molar-refractivity contribution in [3.05, 3.63) is 29.8 Å². The van der Waals surface area contributed by atoms with Crippen LogP contribution in [0.15, 0.2) is 24.3 Å². The molecule has 0 saturated carbocycles.